The van der Waals surface area contributed by atoms with Gasteiger partial charge in [-0.3, -0.25) is 0 Å². The largest absolute Gasteiger partial charge is 0 e. The van der Waals surface area contributed by atoms with Crippen molar-refractivity contribution in [3.63, 3.8) is 0 Å². The number of furan rings is 1. The summed E-state index contributed by atoms with van der Waals surface area (Å²) >= 11 is -1.72. The summed E-state index contributed by atoms with van der Waals surface area (Å²) in [5.74, 6) is 7.59. The number of rotatable bonds is 5. The second-order valence-corrected chi connectivity index (χ2v) is 23.5. The van der Waals surface area contributed by atoms with Gasteiger partial charge < -0.3 is 9.40 Å². The fourth-order valence-corrected chi connectivity index (χ4v) is 7.76. The van der Waals surface area contributed by atoms with Gasteiger partial charge in [0.15, 0.2) is 0 Å². The second-order valence-electron chi connectivity index (χ2n) is 12.8. The van der Waals surface area contributed by atoms with Gasteiger partial charge >= 0.3 is 99.8 Å². The van der Waals surface area contributed by atoms with Gasteiger partial charge in [-0.1, -0.05) is 67.3 Å². The van der Waals surface area contributed by atoms with Crippen molar-refractivity contribution < 1.29 is 24.5 Å². The fourth-order valence-electron chi connectivity index (χ4n) is 5.59. The van der Waals surface area contributed by atoms with Gasteiger partial charge in [0.25, 0.3) is 0 Å². The number of fused-ring (bicyclic) bond motifs is 3. The van der Waals surface area contributed by atoms with E-state index in [2.05, 4.69) is 127 Å². The number of aryl methyl sites for hydroxylation is 1. The molecule has 0 N–H and O–H groups in total. The molecule has 0 aliphatic heterocycles. The minimum absolute atomic E-state index is 0. The summed E-state index contributed by atoms with van der Waals surface area (Å²) < 4.78 is 7.73. The van der Waals surface area contributed by atoms with Crippen molar-refractivity contribution in [1.82, 2.24) is 9.97 Å². The summed E-state index contributed by atoms with van der Waals surface area (Å²) in [6.45, 7) is 6.54. The Kier molecular flexibility index (Phi) is 10.4. The van der Waals surface area contributed by atoms with Gasteiger partial charge in [0.1, 0.15) is 5.58 Å². The number of pyridine rings is 2. The monoisotopic (exact) mass is 841 g/mol. The number of benzene rings is 4. The number of hydrogen-bond donors (Lipinski definition) is 0. The van der Waals surface area contributed by atoms with Crippen LogP contribution in [-0.4, -0.2) is 23.2 Å². The molecule has 7 rings (SSSR count). The number of hydrogen-bond acceptors (Lipinski definition) is 3. The van der Waals surface area contributed by atoms with Gasteiger partial charge in [0.2, 0.25) is 0 Å². The van der Waals surface area contributed by atoms with Crippen LogP contribution in [0.1, 0.15) is 30.9 Å². The molecule has 0 bridgehead atoms. The summed E-state index contributed by atoms with van der Waals surface area (Å²) in [5, 5.41) is 2.22. The molecule has 0 aliphatic rings. The van der Waals surface area contributed by atoms with Crippen LogP contribution in [0.4, 0.5) is 0 Å². The molecule has 0 amide bonds. The first-order chi connectivity index (χ1) is 21.7. The molecule has 233 valence electrons. The van der Waals surface area contributed by atoms with E-state index in [4.69, 9.17) is 4.42 Å². The summed E-state index contributed by atoms with van der Waals surface area (Å²) in [6.07, 6.45) is 3.99. The van der Waals surface area contributed by atoms with Crippen LogP contribution in [0.25, 0.3) is 55.6 Å². The van der Waals surface area contributed by atoms with E-state index in [1.165, 1.54) is 26.6 Å². The maximum absolute atomic E-state index is 6.29. The predicted octanol–water partition coefficient (Wildman–Crippen LogP) is 10.6. The Morgan fingerprint density at radius 3 is 2.13 bits per heavy atom. The molecule has 3 aromatic heterocycles. The fraction of sp³-hybridized carbons (Fsp3) is 0.171. The summed E-state index contributed by atoms with van der Waals surface area (Å²) in [4.78, 5) is 9.22. The Morgan fingerprint density at radius 2 is 1.46 bits per heavy atom. The van der Waals surface area contributed by atoms with Gasteiger partial charge in [-0.05, 0) is 52.9 Å². The van der Waals surface area contributed by atoms with Crippen molar-refractivity contribution >= 4 is 39.6 Å². The maximum Gasteiger partial charge on any atom is 0 e. The van der Waals surface area contributed by atoms with Crippen LogP contribution >= 0.6 is 0 Å². The molecule has 0 spiro atoms. The van der Waals surface area contributed by atoms with Crippen LogP contribution in [-0.2, 0) is 20.1 Å². The van der Waals surface area contributed by atoms with Crippen LogP contribution in [0.5, 0.6) is 0 Å². The third-order valence-electron chi connectivity index (χ3n) is 8.18. The molecule has 0 fully saturated rings. The molecule has 5 heteroatoms. The van der Waals surface area contributed by atoms with Crippen molar-refractivity contribution in [3.05, 3.63) is 139 Å². The van der Waals surface area contributed by atoms with Gasteiger partial charge in [-0.25, -0.2) is 0 Å². The van der Waals surface area contributed by atoms with Gasteiger partial charge in [-0.2, -0.15) is 0 Å². The van der Waals surface area contributed by atoms with E-state index in [0.29, 0.717) is 5.92 Å². The van der Waals surface area contributed by atoms with E-state index >= 15 is 0 Å². The Balaban J connectivity index is 0.000000209. The molecule has 0 atom stereocenters. The second kappa shape index (κ2) is 14.3. The van der Waals surface area contributed by atoms with Gasteiger partial charge in [0, 0.05) is 31.7 Å². The Hall–Kier alpha value is -3.83. The van der Waals surface area contributed by atoms with Crippen molar-refractivity contribution in [2.45, 2.75) is 44.0 Å². The van der Waals surface area contributed by atoms with Crippen LogP contribution < -0.4 is 4.40 Å². The van der Waals surface area contributed by atoms with Crippen molar-refractivity contribution in [3.8, 4) is 33.6 Å². The molecule has 0 saturated carbocycles. The minimum atomic E-state index is -1.72. The average molecular weight is 840 g/mol. The molecule has 4 aromatic carbocycles. The van der Waals surface area contributed by atoms with Crippen LogP contribution in [0.2, 0.25) is 17.3 Å². The van der Waals surface area contributed by atoms with Crippen molar-refractivity contribution in [2.75, 3.05) is 0 Å². The molecule has 0 unspecified atom stereocenters. The zero-order chi connectivity index (χ0) is 31.6. The van der Waals surface area contributed by atoms with E-state index in [1.807, 2.05) is 48.8 Å². The topological polar surface area (TPSA) is 38.9 Å². The molecule has 46 heavy (non-hydrogen) atoms. The van der Waals surface area contributed by atoms with E-state index in [1.54, 1.807) is 0 Å². The third kappa shape index (κ3) is 7.26. The Morgan fingerprint density at radius 1 is 0.696 bits per heavy atom. The molecule has 1 radical (unpaired) electrons. The van der Waals surface area contributed by atoms with Gasteiger partial charge in [-0.15, -0.1) is 18.2 Å². The van der Waals surface area contributed by atoms with Crippen molar-refractivity contribution in [1.29, 1.82) is 0 Å². The molecule has 0 saturated heterocycles. The smallest absolute Gasteiger partial charge is 0 e. The van der Waals surface area contributed by atoms with E-state index in [0.717, 1.165) is 44.5 Å². The van der Waals surface area contributed by atoms with Crippen LogP contribution in [0.15, 0.2) is 120 Å². The predicted molar refractivity (Wildman–Crippen MR) is 192 cm³/mol. The summed E-state index contributed by atoms with van der Waals surface area (Å²) in [7, 11) is 0. The first-order valence-electron chi connectivity index (χ1n) is 15.5. The summed E-state index contributed by atoms with van der Waals surface area (Å²) in [6, 6.07) is 41.9. The normalized spacial score (nSPS) is 11.3. The molecular weight excluding hydrogens is 801 g/mol. The number of aromatic nitrogens is 2. The minimum Gasteiger partial charge on any atom is 0 e. The number of nitrogens with zero attached hydrogens (tertiary/aromatic N) is 2. The van der Waals surface area contributed by atoms with E-state index in [-0.39, 0.29) is 20.1 Å². The zero-order valence-corrected chi connectivity index (χ0v) is 31.7. The Labute approximate surface area is 288 Å². The molecule has 0 aliphatic carbocycles. The third-order valence-corrected chi connectivity index (χ3v) is 12.4. The maximum atomic E-state index is 6.29. The molecule has 3 nitrogen and oxygen atoms in total. The SMILES string of the molecule is Cc1cnc(-c2[c-]ccc3c2oc2ccc(-c4ccccc4)cc23)cc1C(C)C.[CH3][Ge]([CH3])([CH3])[c]1ccc(-c2[c-]cccc2)nc1.[Ir]. The molecular formula is C41H38GeIrN2O-2. The van der Waals surface area contributed by atoms with E-state index < -0.39 is 13.3 Å². The molecule has 3 heterocycles. The van der Waals surface area contributed by atoms with E-state index in [9.17, 15) is 0 Å². The first-order valence-corrected chi connectivity index (χ1v) is 22.9. The first kappa shape index (κ1) is 33.5. The standard InChI is InChI=1S/C27H22NO.C14H16GeN.Ir/c1-17(2)23-15-25(28-16-18(23)3)22-11-7-10-21-24-14-20(19-8-5-4-6-9-19)12-13-26(24)29-27(21)22;1-15(2,3)13-9-10-14(16-11-13)12-7-5-4-6-8-12;/h4-10,12-17H,1-3H3;4-7,9-11H,1-3H3;/q2*-1;. The average Bonchev–Trinajstić information content (AvgIpc) is 3.44. The van der Waals surface area contributed by atoms with Crippen LogP contribution in [0, 0.1) is 19.1 Å². The zero-order valence-electron chi connectivity index (χ0n) is 27.2. The quantitative estimate of drug-likeness (QED) is 0.128. The molecule has 7 aromatic rings. The Bertz CT molecular complexity index is 2060. The summed E-state index contributed by atoms with van der Waals surface area (Å²) in [5.41, 5.74) is 10.5. The van der Waals surface area contributed by atoms with Crippen molar-refractivity contribution in [2.24, 2.45) is 0 Å². The van der Waals surface area contributed by atoms with Gasteiger partial charge in [0.05, 0.1) is 5.58 Å². The van der Waals surface area contributed by atoms with Crippen LogP contribution in [0.3, 0.4) is 0 Å².